The summed E-state index contributed by atoms with van der Waals surface area (Å²) in [5, 5.41) is 0. The fourth-order valence-electron chi connectivity index (χ4n) is 2.81. The van der Waals surface area contributed by atoms with Crippen LogP contribution in [0, 0.1) is 0 Å². The van der Waals surface area contributed by atoms with E-state index in [0.29, 0.717) is 16.2 Å². The first-order chi connectivity index (χ1) is 10.8. The molecule has 0 saturated carbocycles. The molecule has 2 radical (unpaired) electrons. The number of unbranched alkanes of at least 4 members (excludes halogenated alkanes) is 14. The Bertz CT molecular complexity index is 231. The SMILES string of the molecule is CCCCCCCCCCCCCCCCCC(=O)O[Si]C. The average molecular weight is 327 g/mol. The van der Waals surface area contributed by atoms with E-state index in [1.54, 1.807) is 0 Å². The van der Waals surface area contributed by atoms with Crippen LogP contribution in [0.4, 0.5) is 0 Å². The van der Waals surface area contributed by atoms with Crippen molar-refractivity contribution in [1.29, 1.82) is 0 Å². The maximum absolute atomic E-state index is 11.2. The summed E-state index contributed by atoms with van der Waals surface area (Å²) in [6.45, 7) is 4.17. The zero-order chi connectivity index (χ0) is 16.3. The second-order valence-corrected chi connectivity index (χ2v) is 6.99. The Labute approximate surface area is 141 Å². The lowest BCUT2D eigenvalue weighted by Gasteiger charge is -2.03. The summed E-state index contributed by atoms with van der Waals surface area (Å²) in [5.74, 6) is -0.0180. The highest BCUT2D eigenvalue weighted by Gasteiger charge is 2.00. The highest BCUT2D eigenvalue weighted by atomic mass is 28.2. The van der Waals surface area contributed by atoms with E-state index in [1.165, 1.54) is 89.9 Å². The Hall–Kier alpha value is -0.313. The van der Waals surface area contributed by atoms with Crippen molar-refractivity contribution in [2.75, 3.05) is 0 Å². The first-order valence-corrected chi connectivity index (χ1v) is 11.1. The van der Waals surface area contributed by atoms with Gasteiger partial charge in [0.2, 0.25) is 0 Å². The first kappa shape index (κ1) is 21.7. The molecule has 0 amide bonds. The summed E-state index contributed by atoms with van der Waals surface area (Å²) in [5.41, 5.74) is 0. The highest BCUT2D eigenvalue weighted by molar-refractivity contribution is 6.28. The van der Waals surface area contributed by atoms with Crippen LogP contribution in [0.3, 0.4) is 0 Å². The van der Waals surface area contributed by atoms with Crippen molar-refractivity contribution < 1.29 is 9.22 Å². The van der Waals surface area contributed by atoms with Crippen molar-refractivity contribution in [3.8, 4) is 0 Å². The van der Waals surface area contributed by atoms with Crippen molar-refractivity contribution >= 4 is 15.7 Å². The van der Waals surface area contributed by atoms with Crippen LogP contribution >= 0.6 is 0 Å². The third-order valence-corrected chi connectivity index (χ3v) is 4.63. The molecule has 0 bridgehead atoms. The molecule has 0 atom stereocenters. The summed E-state index contributed by atoms with van der Waals surface area (Å²) in [7, 11) is 0.299. The van der Waals surface area contributed by atoms with Crippen molar-refractivity contribution in [3.05, 3.63) is 0 Å². The number of hydrogen-bond acceptors (Lipinski definition) is 2. The Morgan fingerprint density at radius 3 is 1.41 bits per heavy atom. The van der Waals surface area contributed by atoms with Gasteiger partial charge in [0, 0.05) is 6.42 Å². The smallest absolute Gasteiger partial charge is 0.311 e. The molecule has 0 heterocycles. The van der Waals surface area contributed by atoms with E-state index in [-0.39, 0.29) is 5.97 Å². The Balaban J connectivity index is 3.01. The molecule has 0 N–H and O–H groups in total. The van der Waals surface area contributed by atoms with Crippen LogP contribution < -0.4 is 0 Å². The molecule has 2 nitrogen and oxygen atoms in total. The molecule has 3 heteroatoms. The molecule has 0 aromatic carbocycles. The second-order valence-electron chi connectivity index (χ2n) is 6.38. The molecular weight excluding hydrogens is 288 g/mol. The molecule has 0 aliphatic heterocycles. The monoisotopic (exact) mass is 326 g/mol. The highest BCUT2D eigenvalue weighted by Crippen LogP contribution is 2.13. The van der Waals surface area contributed by atoms with Crippen LogP contribution in [0.25, 0.3) is 0 Å². The predicted octanol–water partition coefficient (Wildman–Crippen LogP) is 6.46. The maximum atomic E-state index is 11.2. The van der Waals surface area contributed by atoms with Crippen LogP contribution in [-0.2, 0) is 9.22 Å². The Morgan fingerprint density at radius 2 is 1.05 bits per heavy atom. The molecule has 0 spiro atoms. The molecule has 0 saturated heterocycles. The molecule has 0 rings (SSSR count). The van der Waals surface area contributed by atoms with Gasteiger partial charge in [-0.3, -0.25) is 4.79 Å². The molecular formula is C19H38O2Si. The third-order valence-electron chi connectivity index (χ3n) is 4.20. The summed E-state index contributed by atoms with van der Waals surface area (Å²) >= 11 is 0. The van der Waals surface area contributed by atoms with Gasteiger partial charge in [-0.05, 0) is 13.0 Å². The lowest BCUT2D eigenvalue weighted by molar-refractivity contribution is -0.134. The van der Waals surface area contributed by atoms with Crippen molar-refractivity contribution in [3.63, 3.8) is 0 Å². The Morgan fingerprint density at radius 1 is 0.682 bits per heavy atom. The van der Waals surface area contributed by atoms with Crippen molar-refractivity contribution in [2.45, 2.75) is 116 Å². The maximum Gasteiger partial charge on any atom is 0.311 e. The van der Waals surface area contributed by atoms with E-state index in [9.17, 15) is 4.79 Å². The molecule has 0 unspecified atom stereocenters. The zero-order valence-electron chi connectivity index (χ0n) is 15.1. The van der Waals surface area contributed by atoms with Gasteiger partial charge < -0.3 is 4.43 Å². The minimum atomic E-state index is -0.0180. The molecule has 130 valence electrons. The number of rotatable bonds is 17. The molecule has 22 heavy (non-hydrogen) atoms. The van der Waals surface area contributed by atoms with Gasteiger partial charge in [0.05, 0.1) is 0 Å². The molecule has 0 aromatic rings. The quantitative estimate of drug-likeness (QED) is 0.226. The van der Waals surface area contributed by atoms with E-state index in [1.807, 2.05) is 6.55 Å². The van der Waals surface area contributed by atoms with Gasteiger partial charge in [0.25, 0.3) is 5.97 Å². The van der Waals surface area contributed by atoms with Crippen LogP contribution in [0.1, 0.15) is 110 Å². The fourth-order valence-corrected chi connectivity index (χ4v) is 3.14. The molecule has 0 aromatic heterocycles. The third kappa shape index (κ3) is 17.7. The van der Waals surface area contributed by atoms with Gasteiger partial charge in [-0.1, -0.05) is 96.8 Å². The normalized spacial score (nSPS) is 10.8. The van der Waals surface area contributed by atoms with Gasteiger partial charge in [-0.25, -0.2) is 0 Å². The van der Waals surface area contributed by atoms with Gasteiger partial charge in [-0.15, -0.1) is 0 Å². The van der Waals surface area contributed by atoms with Crippen LogP contribution in [-0.4, -0.2) is 15.7 Å². The molecule has 0 aliphatic carbocycles. The van der Waals surface area contributed by atoms with Crippen LogP contribution in [0.5, 0.6) is 0 Å². The van der Waals surface area contributed by atoms with Gasteiger partial charge in [0.1, 0.15) is 0 Å². The van der Waals surface area contributed by atoms with Crippen molar-refractivity contribution in [2.24, 2.45) is 0 Å². The zero-order valence-corrected chi connectivity index (χ0v) is 16.1. The standard InChI is InChI=1S/C19H38O2Si/c1-3-4-5-6-7-8-9-10-11-12-13-14-15-16-17-18-19(20)21-22-2/h3-18H2,1-2H3. The summed E-state index contributed by atoms with van der Waals surface area (Å²) in [6, 6.07) is 0. The lowest BCUT2D eigenvalue weighted by atomic mass is 10.0. The minimum absolute atomic E-state index is 0.0180. The predicted molar refractivity (Wildman–Crippen MR) is 97.3 cm³/mol. The average Bonchev–Trinajstić information content (AvgIpc) is 2.51. The second kappa shape index (κ2) is 18.7. The largest absolute Gasteiger partial charge is 0.517 e. The summed E-state index contributed by atoms with van der Waals surface area (Å²) in [4.78, 5) is 11.2. The van der Waals surface area contributed by atoms with E-state index >= 15 is 0 Å². The van der Waals surface area contributed by atoms with E-state index in [4.69, 9.17) is 4.43 Å². The topological polar surface area (TPSA) is 26.3 Å². The van der Waals surface area contributed by atoms with Crippen LogP contribution in [0.2, 0.25) is 6.55 Å². The van der Waals surface area contributed by atoms with Gasteiger partial charge in [0.15, 0.2) is 0 Å². The summed E-state index contributed by atoms with van der Waals surface area (Å²) in [6.07, 6.45) is 21.0. The first-order valence-electron chi connectivity index (χ1n) is 9.67. The number of hydrogen-bond donors (Lipinski definition) is 0. The Kier molecular flexibility index (Phi) is 18.5. The number of carbonyl (C=O) groups excluding carboxylic acids is 1. The molecule has 0 fully saturated rings. The van der Waals surface area contributed by atoms with Crippen molar-refractivity contribution in [1.82, 2.24) is 0 Å². The van der Waals surface area contributed by atoms with Crippen LogP contribution in [0.15, 0.2) is 0 Å². The van der Waals surface area contributed by atoms with E-state index in [0.717, 1.165) is 6.42 Å². The van der Waals surface area contributed by atoms with E-state index < -0.39 is 0 Å². The molecule has 0 aliphatic rings. The minimum Gasteiger partial charge on any atom is -0.517 e. The summed E-state index contributed by atoms with van der Waals surface area (Å²) < 4.78 is 4.95. The lowest BCUT2D eigenvalue weighted by Crippen LogP contribution is -2.05. The van der Waals surface area contributed by atoms with E-state index in [2.05, 4.69) is 6.92 Å². The fraction of sp³-hybridized carbons (Fsp3) is 0.947. The van der Waals surface area contributed by atoms with Gasteiger partial charge >= 0.3 is 9.76 Å². The van der Waals surface area contributed by atoms with Gasteiger partial charge in [-0.2, -0.15) is 0 Å². The number of carbonyl (C=O) groups is 1.